The fourth-order valence-corrected chi connectivity index (χ4v) is 6.62. The van der Waals surface area contributed by atoms with E-state index in [1.54, 1.807) is 12.2 Å². The Kier molecular flexibility index (Phi) is 3.74. The maximum absolute atomic E-state index is 13.3. The quantitative estimate of drug-likeness (QED) is 0.785. The third kappa shape index (κ3) is 2.01. The van der Waals surface area contributed by atoms with Crippen molar-refractivity contribution in [1.29, 1.82) is 0 Å². The number of carbonyl (C=O) groups excluding carboxylic acids is 3. The molecular weight excluding hydrogens is 332 g/mol. The number of hydrogen-bond donors (Lipinski definition) is 2. The summed E-state index contributed by atoms with van der Waals surface area (Å²) in [6.07, 6.45) is 7.82. The van der Waals surface area contributed by atoms with Crippen LogP contribution in [0.4, 0.5) is 0 Å². The first-order valence-electron chi connectivity index (χ1n) is 9.51. The first kappa shape index (κ1) is 17.8. The van der Waals surface area contributed by atoms with Gasteiger partial charge in [0.25, 0.3) is 0 Å². The fraction of sp³-hybridized carbons (Fsp3) is 0.667. The predicted molar refractivity (Wildman–Crippen MR) is 94.0 cm³/mol. The lowest BCUT2D eigenvalue weighted by molar-refractivity contribution is -0.168. The summed E-state index contributed by atoms with van der Waals surface area (Å²) < 4.78 is 0. The molecule has 0 aromatic carbocycles. The van der Waals surface area contributed by atoms with Gasteiger partial charge in [0.2, 0.25) is 0 Å². The smallest absolute Gasteiger partial charge is 0.190 e. The summed E-state index contributed by atoms with van der Waals surface area (Å²) in [6.45, 7) is 3.19. The molecule has 0 aliphatic heterocycles. The van der Waals surface area contributed by atoms with E-state index in [1.165, 1.54) is 0 Å². The Balaban J connectivity index is 1.76. The summed E-state index contributed by atoms with van der Waals surface area (Å²) >= 11 is 0. The minimum atomic E-state index is -1.62. The van der Waals surface area contributed by atoms with Crippen LogP contribution in [0.25, 0.3) is 0 Å². The van der Waals surface area contributed by atoms with Crippen molar-refractivity contribution in [3.8, 4) is 0 Å². The van der Waals surface area contributed by atoms with Crippen molar-refractivity contribution in [2.45, 2.75) is 51.6 Å². The highest BCUT2D eigenvalue weighted by atomic mass is 16.3. The Bertz CT molecular complexity index is 764. The second-order valence-corrected chi connectivity index (χ2v) is 9.02. The van der Waals surface area contributed by atoms with E-state index in [2.05, 4.69) is 0 Å². The molecule has 0 aromatic heterocycles. The van der Waals surface area contributed by atoms with Crippen molar-refractivity contribution in [3.05, 3.63) is 23.8 Å². The maximum Gasteiger partial charge on any atom is 0.190 e. The molecule has 2 N–H and O–H groups in total. The topological polar surface area (TPSA) is 91.7 Å². The summed E-state index contributed by atoms with van der Waals surface area (Å²) in [5.41, 5.74) is -1.86. The molecule has 6 atom stereocenters. The lowest BCUT2D eigenvalue weighted by Crippen LogP contribution is -2.60. The highest BCUT2D eigenvalue weighted by Crippen LogP contribution is 2.66. The van der Waals surface area contributed by atoms with Gasteiger partial charge < -0.3 is 10.2 Å². The van der Waals surface area contributed by atoms with Crippen LogP contribution in [0.1, 0.15) is 46.0 Å². The van der Waals surface area contributed by atoms with Gasteiger partial charge in [-0.25, -0.2) is 0 Å². The van der Waals surface area contributed by atoms with E-state index in [9.17, 15) is 24.6 Å². The normalized spacial score (nSPS) is 47.1. The number of allylic oxidation sites excluding steroid dienone is 4. The van der Waals surface area contributed by atoms with Crippen LogP contribution in [0, 0.1) is 28.6 Å². The molecule has 4 aliphatic carbocycles. The third-order valence-electron chi connectivity index (χ3n) is 8.01. The zero-order chi connectivity index (χ0) is 18.9. The fourth-order valence-electron chi connectivity index (χ4n) is 6.62. The minimum Gasteiger partial charge on any atom is -0.388 e. The molecule has 0 saturated heterocycles. The van der Waals surface area contributed by atoms with Gasteiger partial charge in [-0.15, -0.1) is 0 Å². The molecule has 0 amide bonds. The SMILES string of the molecule is C[C@]12C=CC(=O)C=C1CC[C@H]1C3CC[C@](O)(C(=O)CO)[C@@]3(C)CC(=O)[C@@H]12. The molecule has 5 nitrogen and oxygen atoms in total. The molecule has 0 heterocycles. The minimum absolute atomic E-state index is 0.0206. The van der Waals surface area contributed by atoms with E-state index in [-0.39, 0.29) is 35.7 Å². The molecule has 0 bridgehead atoms. The average molecular weight is 358 g/mol. The average Bonchev–Trinajstić information content (AvgIpc) is 2.86. The molecule has 26 heavy (non-hydrogen) atoms. The first-order chi connectivity index (χ1) is 12.2. The molecule has 3 fully saturated rings. The monoisotopic (exact) mass is 358 g/mol. The van der Waals surface area contributed by atoms with Crippen LogP contribution in [0.3, 0.4) is 0 Å². The Hall–Kier alpha value is -1.59. The van der Waals surface area contributed by atoms with E-state index in [4.69, 9.17) is 0 Å². The molecule has 0 aromatic rings. The molecule has 4 aliphatic rings. The molecule has 3 saturated carbocycles. The standard InChI is InChI=1S/C21H26O5/c1-19-7-5-13(23)9-12(19)3-4-14-15-6-8-21(26,17(25)11-22)20(15,2)10-16(24)18(14)19/h5,7,9,14-15,18,22,26H,3-4,6,8,10-11H2,1-2H3/t14-,15?,18+,19-,20-,21-/m0/s1. The van der Waals surface area contributed by atoms with Crippen molar-refractivity contribution >= 4 is 17.3 Å². The zero-order valence-corrected chi connectivity index (χ0v) is 15.3. The Labute approximate surface area is 153 Å². The van der Waals surface area contributed by atoms with Gasteiger partial charge in [0.05, 0.1) is 0 Å². The van der Waals surface area contributed by atoms with Crippen LogP contribution in [-0.4, -0.2) is 39.8 Å². The summed E-state index contributed by atoms with van der Waals surface area (Å²) in [5, 5.41) is 20.5. The van der Waals surface area contributed by atoms with E-state index in [0.717, 1.165) is 18.4 Å². The number of fused-ring (bicyclic) bond motifs is 5. The van der Waals surface area contributed by atoms with Crippen LogP contribution < -0.4 is 0 Å². The lowest BCUT2D eigenvalue weighted by Gasteiger charge is -2.56. The first-order valence-corrected chi connectivity index (χ1v) is 9.51. The highest BCUT2D eigenvalue weighted by molar-refractivity contribution is 6.02. The molecule has 0 spiro atoms. The maximum atomic E-state index is 13.3. The van der Waals surface area contributed by atoms with Crippen LogP contribution >= 0.6 is 0 Å². The van der Waals surface area contributed by atoms with Gasteiger partial charge in [-0.05, 0) is 49.7 Å². The zero-order valence-electron chi connectivity index (χ0n) is 15.3. The van der Waals surface area contributed by atoms with Gasteiger partial charge >= 0.3 is 0 Å². The van der Waals surface area contributed by atoms with Crippen LogP contribution in [-0.2, 0) is 14.4 Å². The van der Waals surface area contributed by atoms with Crippen LogP contribution in [0.5, 0.6) is 0 Å². The number of hydrogen-bond acceptors (Lipinski definition) is 5. The molecule has 5 heteroatoms. The number of rotatable bonds is 2. The Morgan fingerprint density at radius 1 is 1.27 bits per heavy atom. The highest BCUT2D eigenvalue weighted by Gasteiger charge is 2.68. The number of aliphatic hydroxyl groups is 2. The lowest BCUT2D eigenvalue weighted by atomic mass is 9.46. The van der Waals surface area contributed by atoms with Gasteiger partial charge in [-0.1, -0.05) is 25.5 Å². The van der Waals surface area contributed by atoms with Gasteiger partial charge in [-0.2, -0.15) is 0 Å². The Morgan fingerprint density at radius 3 is 2.69 bits per heavy atom. The number of carbonyl (C=O) groups is 3. The van der Waals surface area contributed by atoms with E-state index < -0.39 is 28.8 Å². The largest absolute Gasteiger partial charge is 0.388 e. The summed E-state index contributed by atoms with van der Waals surface area (Å²) in [4.78, 5) is 37.4. The van der Waals surface area contributed by atoms with Crippen molar-refractivity contribution in [2.75, 3.05) is 6.61 Å². The second kappa shape index (κ2) is 5.46. The number of aliphatic hydroxyl groups excluding tert-OH is 1. The predicted octanol–water partition coefficient (Wildman–Crippen LogP) is 1.77. The Morgan fingerprint density at radius 2 is 2.00 bits per heavy atom. The van der Waals surface area contributed by atoms with E-state index in [0.29, 0.717) is 12.8 Å². The number of Topliss-reactive ketones (excluding diaryl/α,β-unsaturated/α-hetero) is 2. The summed E-state index contributed by atoms with van der Waals surface area (Å²) in [5.74, 6) is -0.590. The van der Waals surface area contributed by atoms with Gasteiger partial charge in [0.15, 0.2) is 11.6 Å². The van der Waals surface area contributed by atoms with Gasteiger partial charge in [0.1, 0.15) is 18.0 Å². The molecule has 0 radical (unpaired) electrons. The van der Waals surface area contributed by atoms with Crippen molar-refractivity contribution in [3.63, 3.8) is 0 Å². The molecule has 1 unspecified atom stereocenters. The molecule has 140 valence electrons. The molecule has 4 rings (SSSR count). The second-order valence-electron chi connectivity index (χ2n) is 9.02. The van der Waals surface area contributed by atoms with Gasteiger partial charge in [-0.3, -0.25) is 14.4 Å². The third-order valence-corrected chi connectivity index (χ3v) is 8.01. The van der Waals surface area contributed by atoms with Crippen molar-refractivity contribution in [1.82, 2.24) is 0 Å². The van der Waals surface area contributed by atoms with Gasteiger partial charge in [0, 0.05) is 23.2 Å². The van der Waals surface area contributed by atoms with E-state index >= 15 is 0 Å². The number of ketones is 3. The van der Waals surface area contributed by atoms with Crippen LogP contribution in [0.15, 0.2) is 23.8 Å². The molecular formula is C21H26O5. The summed E-state index contributed by atoms with van der Waals surface area (Å²) in [7, 11) is 0. The van der Waals surface area contributed by atoms with E-state index in [1.807, 2.05) is 19.9 Å². The van der Waals surface area contributed by atoms with Crippen molar-refractivity contribution in [2.24, 2.45) is 28.6 Å². The summed E-state index contributed by atoms with van der Waals surface area (Å²) in [6, 6.07) is 0. The van der Waals surface area contributed by atoms with Crippen molar-refractivity contribution < 1.29 is 24.6 Å². The van der Waals surface area contributed by atoms with Crippen LogP contribution in [0.2, 0.25) is 0 Å².